The van der Waals surface area contributed by atoms with Crippen molar-refractivity contribution in [3.8, 4) is 0 Å². The summed E-state index contributed by atoms with van der Waals surface area (Å²) in [7, 11) is -4.01. The Morgan fingerprint density at radius 1 is 1.62 bits per heavy atom. The van der Waals surface area contributed by atoms with E-state index in [0.717, 1.165) is 0 Å². The van der Waals surface area contributed by atoms with Gasteiger partial charge >= 0.3 is 7.60 Å². The fraction of sp³-hybridized carbons (Fsp3) is 1.00. The Hall–Kier alpha value is 0.110. The van der Waals surface area contributed by atoms with E-state index in [9.17, 15) is 4.57 Å². The average molecular weight is 140 g/mol. The van der Waals surface area contributed by atoms with Crippen LogP contribution in [-0.4, -0.2) is 27.2 Å². The topological polar surface area (TPSA) is 77.8 Å². The van der Waals surface area contributed by atoms with Gasteiger partial charge < -0.3 is 14.9 Å². The zero-order valence-electron chi connectivity index (χ0n) is 4.48. The molecule has 5 heteroatoms. The summed E-state index contributed by atoms with van der Waals surface area (Å²) < 4.78 is 10.1. The minimum atomic E-state index is -4.01. The summed E-state index contributed by atoms with van der Waals surface area (Å²) >= 11 is 0. The van der Waals surface area contributed by atoms with Gasteiger partial charge in [0.05, 0.1) is 12.3 Å². The molecule has 1 atom stereocenters. The SMILES string of the molecule is CC(CO)P(=O)(O)O. The lowest BCUT2D eigenvalue weighted by atomic mass is 10.5. The van der Waals surface area contributed by atoms with Gasteiger partial charge in [-0.05, 0) is 6.92 Å². The fourth-order valence-electron chi connectivity index (χ4n) is 0.106. The summed E-state index contributed by atoms with van der Waals surface area (Å²) in [5, 5.41) is 8.18. The maximum absolute atomic E-state index is 10.1. The van der Waals surface area contributed by atoms with Crippen molar-refractivity contribution in [1.29, 1.82) is 0 Å². The van der Waals surface area contributed by atoms with Gasteiger partial charge in [-0.1, -0.05) is 0 Å². The van der Waals surface area contributed by atoms with E-state index in [1.807, 2.05) is 0 Å². The van der Waals surface area contributed by atoms with Crippen molar-refractivity contribution in [1.82, 2.24) is 0 Å². The molecule has 0 fully saturated rings. The van der Waals surface area contributed by atoms with E-state index in [2.05, 4.69) is 0 Å². The van der Waals surface area contributed by atoms with Crippen LogP contribution in [0.3, 0.4) is 0 Å². The lowest BCUT2D eigenvalue weighted by Crippen LogP contribution is -2.07. The van der Waals surface area contributed by atoms with Crippen molar-refractivity contribution in [3.63, 3.8) is 0 Å². The van der Waals surface area contributed by atoms with Crippen molar-refractivity contribution in [2.45, 2.75) is 12.6 Å². The van der Waals surface area contributed by atoms with Gasteiger partial charge in [-0.2, -0.15) is 0 Å². The van der Waals surface area contributed by atoms with Crippen LogP contribution in [0.2, 0.25) is 0 Å². The molecule has 0 radical (unpaired) electrons. The van der Waals surface area contributed by atoms with Gasteiger partial charge in [-0.3, -0.25) is 4.57 Å². The summed E-state index contributed by atoms with van der Waals surface area (Å²) in [6.07, 6.45) is 0. The molecule has 0 saturated heterocycles. The summed E-state index contributed by atoms with van der Waals surface area (Å²) in [6.45, 7) is 0.824. The lowest BCUT2D eigenvalue weighted by molar-refractivity contribution is 0.271. The molecule has 0 aromatic rings. The third kappa shape index (κ3) is 2.43. The van der Waals surface area contributed by atoms with Crippen LogP contribution in [0, 0.1) is 0 Å². The first-order valence-electron chi connectivity index (χ1n) is 2.14. The molecule has 0 aromatic heterocycles. The van der Waals surface area contributed by atoms with Crippen molar-refractivity contribution < 1.29 is 19.5 Å². The van der Waals surface area contributed by atoms with Gasteiger partial charge in [0.1, 0.15) is 0 Å². The van der Waals surface area contributed by atoms with Crippen LogP contribution in [0.4, 0.5) is 0 Å². The predicted octanol–water partition coefficient (Wildman–Crippen LogP) is -0.455. The molecule has 3 N–H and O–H groups in total. The number of rotatable bonds is 2. The molecule has 50 valence electrons. The van der Waals surface area contributed by atoms with Crippen LogP contribution >= 0.6 is 7.60 Å². The molecule has 1 unspecified atom stereocenters. The van der Waals surface area contributed by atoms with E-state index < -0.39 is 19.9 Å². The summed E-state index contributed by atoms with van der Waals surface area (Å²) in [5.41, 5.74) is -0.928. The highest BCUT2D eigenvalue weighted by Crippen LogP contribution is 2.40. The number of hydrogen-bond acceptors (Lipinski definition) is 2. The van der Waals surface area contributed by atoms with Gasteiger partial charge in [-0.25, -0.2) is 0 Å². The Bertz CT molecular complexity index is 106. The average Bonchev–Trinajstić information content (AvgIpc) is 1.62. The minimum Gasteiger partial charge on any atom is -0.395 e. The molecule has 0 amide bonds. The Labute approximate surface area is 47.3 Å². The molecule has 0 rings (SSSR count). The first kappa shape index (κ1) is 8.11. The Morgan fingerprint density at radius 2 is 2.00 bits per heavy atom. The first-order valence-corrected chi connectivity index (χ1v) is 3.82. The molecule has 0 bridgehead atoms. The number of aliphatic hydroxyl groups excluding tert-OH is 1. The molecular formula is C3H9O4P. The lowest BCUT2D eigenvalue weighted by Gasteiger charge is -2.07. The van der Waals surface area contributed by atoms with Gasteiger partial charge in [0, 0.05) is 0 Å². The summed E-state index contributed by atoms with van der Waals surface area (Å²) in [4.78, 5) is 16.5. The van der Waals surface area contributed by atoms with Gasteiger partial charge in [0.15, 0.2) is 0 Å². The van der Waals surface area contributed by atoms with Crippen LogP contribution in [0.1, 0.15) is 6.92 Å². The Kier molecular flexibility index (Phi) is 2.63. The second-order valence-electron chi connectivity index (χ2n) is 1.62. The quantitative estimate of drug-likeness (QED) is 0.454. The molecule has 0 heterocycles. The molecule has 0 aromatic carbocycles. The summed E-state index contributed by atoms with van der Waals surface area (Å²) in [6, 6.07) is 0. The van der Waals surface area contributed by atoms with Crippen molar-refractivity contribution in [3.05, 3.63) is 0 Å². The molecule has 0 aliphatic carbocycles. The first-order chi connectivity index (χ1) is 3.48. The van der Waals surface area contributed by atoms with Crippen LogP contribution in [0.25, 0.3) is 0 Å². The highest BCUT2D eigenvalue weighted by molar-refractivity contribution is 7.52. The smallest absolute Gasteiger partial charge is 0.330 e. The van der Waals surface area contributed by atoms with E-state index in [1.165, 1.54) is 6.92 Å². The third-order valence-electron chi connectivity index (χ3n) is 0.838. The third-order valence-corrected chi connectivity index (χ3v) is 2.15. The maximum atomic E-state index is 10.1. The van der Waals surface area contributed by atoms with Crippen molar-refractivity contribution in [2.75, 3.05) is 6.61 Å². The second-order valence-corrected chi connectivity index (χ2v) is 3.68. The summed E-state index contributed by atoms with van der Waals surface area (Å²) in [5.74, 6) is 0. The van der Waals surface area contributed by atoms with Crippen LogP contribution in [0.5, 0.6) is 0 Å². The molecular weight excluding hydrogens is 131 g/mol. The van der Waals surface area contributed by atoms with Crippen LogP contribution in [0.15, 0.2) is 0 Å². The van der Waals surface area contributed by atoms with Gasteiger partial charge in [0.2, 0.25) is 0 Å². The standard InChI is InChI=1S/C3H9O4P/c1-3(2-4)8(5,6)7/h3-4H,2H2,1H3,(H2,5,6,7). The Morgan fingerprint density at radius 3 is 2.00 bits per heavy atom. The fourth-order valence-corrected chi connectivity index (χ4v) is 0.319. The molecule has 4 nitrogen and oxygen atoms in total. The normalized spacial score (nSPS) is 16.0. The Balaban J connectivity index is 3.82. The van der Waals surface area contributed by atoms with Gasteiger partial charge in [-0.15, -0.1) is 0 Å². The van der Waals surface area contributed by atoms with E-state index in [4.69, 9.17) is 14.9 Å². The van der Waals surface area contributed by atoms with Gasteiger partial charge in [0.25, 0.3) is 0 Å². The molecule has 0 aliphatic rings. The van der Waals surface area contributed by atoms with E-state index in [1.54, 1.807) is 0 Å². The molecule has 0 aliphatic heterocycles. The number of aliphatic hydroxyl groups is 1. The second kappa shape index (κ2) is 2.60. The van der Waals surface area contributed by atoms with E-state index in [0.29, 0.717) is 0 Å². The minimum absolute atomic E-state index is 0.468. The highest BCUT2D eigenvalue weighted by Gasteiger charge is 2.21. The molecule has 0 spiro atoms. The largest absolute Gasteiger partial charge is 0.395 e. The van der Waals surface area contributed by atoms with Crippen LogP contribution in [-0.2, 0) is 4.57 Å². The molecule has 0 saturated carbocycles. The van der Waals surface area contributed by atoms with E-state index >= 15 is 0 Å². The maximum Gasteiger partial charge on any atom is 0.330 e. The predicted molar refractivity (Wildman–Crippen MR) is 28.6 cm³/mol. The molecule has 8 heavy (non-hydrogen) atoms. The number of hydrogen-bond donors (Lipinski definition) is 3. The van der Waals surface area contributed by atoms with E-state index in [-0.39, 0.29) is 0 Å². The highest BCUT2D eigenvalue weighted by atomic mass is 31.2. The van der Waals surface area contributed by atoms with Crippen molar-refractivity contribution in [2.24, 2.45) is 0 Å². The zero-order chi connectivity index (χ0) is 6.78. The monoisotopic (exact) mass is 140 g/mol. The zero-order valence-corrected chi connectivity index (χ0v) is 5.38. The van der Waals surface area contributed by atoms with Crippen LogP contribution < -0.4 is 0 Å². The van der Waals surface area contributed by atoms with Crippen molar-refractivity contribution >= 4 is 7.60 Å².